The van der Waals surface area contributed by atoms with E-state index in [-0.39, 0.29) is 18.1 Å². The molecule has 3 saturated heterocycles. The van der Waals surface area contributed by atoms with E-state index in [1.165, 1.54) is 32.4 Å². The molecule has 3 aliphatic rings. The Morgan fingerprint density at radius 3 is 2.95 bits per heavy atom. The number of hydrogen-bond donors (Lipinski definition) is 2. The molecule has 0 spiro atoms. The summed E-state index contributed by atoms with van der Waals surface area (Å²) < 4.78 is 5.81. The van der Waals surface area contributed by atoms with E-state index in [1.807, 2.05) is 0 Å². The Morgan fingerprint density at radius 2 is 2.10 bits per heavy atom. The topological polar surface area (TPSA) is 70.8 Å². The Kier molecular flexibility index (Phi) is 4.55. The van der Waals surface area contributed by atoms with Crippen LogP contribution in [0.2, 0.25) is 0 Å². The van der Waals surface area contributed by atoms with Crippen molar-refractivity contribution < 1.29 is 9.53 Å². The highest BCUT2D eigenvalue weighted by Gasteiger charge is 2.34. The van der Waals surface area contributed by atoms with Gasteiger partial charge in [0.2, 0.25) is 0 Å². The lowest BCUT2D eigenvalue weighted by atomic mass is 9.99. The monoisotopic (exact) mass is 282 g/mol. The Hall–Kier alpha value is -0.690. The van der Waals surface area contributed by atoms with Crippen LogP contribution in [0.25, 0.3) is 0 Å². The molecule has 0 radical (unpaired) electrons. The van der Waals surface area contributed by atoms with Crippen LogP contribution in [0, 0.1) is 0 Å². The van der Waals surface area contributed by atoms with Gasteiger partial charge < -0.3 is 4.74 Å². The minimum atomic E-state index is -0.346. The number of hydrazine groups is 1. The second-order valence-electron chi connectivity index (χ2n) is 6.28. The summed E-state index contributed by atoms with van der Waals surface area (Å²) in [7, 11) is 0. The minimum absolute atomic E-state index is 0.187. The molecule has 3 N–H and O–H groups in total. The van der Waals surface area contributed by atoms with Crippen molar-refractivity contribution in [1.82, 2.24) is 15.2 Å². The highest BCUT2D eigenvalue weighted by molar-refractivity contribution is 5.80. The molecular weight excluding hydrogens is 256 g/mol. The number of fused-ring (bicyclic) bond motifs is 1. The molecule has 3 atom stereocenters. The van der Waals surface area contributed by atoms with E-state index in [9.17, 15) is 4.79 Å². The number of hydrogen-bond acceptors (Lipinski definition) is 5. The minimum Gasteiger partial charge on any atom is -0.364 e. The number of rotatable bonds is 3. The zero-order chi connectivity index (χ0) is 13.9. The average Bonchev–Trinajstić information content (AvgIpc) is 2.95. The molecule has 6 heteroatoms. The van der Waals surface area contributed by atoms with Gasteiger partial charge in [-0.3, -0.25) is 20.0 Å². The number of ether oxygens (including phenoxy) is 1. The Bertz CT molecular complexity index is 352. The molecule has 0 aromatic carbocycles. The fourth-order valence-corrected chi connectivity index (χ4v) is 3.80. The smallest absolute Gasteiger partial charge is 0.263 e. The van der Waals surface area contributed by atoms with Gasteiger partial charge in [0, 0.05) is 32.2 Å². The van der Waals surface area contributed by atoms with Gasteiger partial charge in [0.25, 0.3) is 5.91 Å². The SMILES string of the molecule is NNC(=O)C1CCC(CN2CCN3CCCCC3C2)O1. The van der Waals surface area contributed by atoms with Gasteiger partial charge in [0.05, 0.1) is 6.10 Å². The molecule has 0 saturated carbocycles. The Morgan fingerprint density at radius 1 is 1.20 bits per heavy atom. The van der Waals surface area contributed by atoms with Crippen LogP contribution in [0.15, 0.2) is 0 Å². The number of piperazine rings is 1. The third kappa shape index (κ3) is 3.14. The molecule has 3 heterocycles. The molecule has 0 aliphatic carbocycles. The van der Waals surface area contributed by atoms with E-state index in [1.54, 1.807) is 0 Å². The first-order valence-corrected chi connectivity index (χ1v) is 7.88. The van der Waals surface area contributed by atoms with Crippen molar-refractivity contribution in [3.05, 3.63) is 0 Å². The summed E-state index contributed by atoms with van der Waals surface area (Å²) in [6.07, 6.45) is 5.65. The van der Waals surface area contributed by atoms with Crippen LogP contribution in [0.5, 0.6) is 0 Å². The third-order valence-corrected chi connectivity index (χ3v) is 4.93. The number of nitrogens with one attached hydrogen (secondary N) is 1. The van der Waals surface area contributed by atoms with Crippen LogP contribution < -0.4 is 11.3 Å². The van der Waals surface area contributed by atoms with Gasteiger partial charge in [0.1, 0.15) is 6.10 Å². The van der Waals surface area contributed by atoms with Crippen LogP contribution in [0.4, 0.5) is 0 Å². The van der Waals surface area contributed by atoms with E-state index < -0.39 is 0 Å². The highest BCUT2D eigenvalue weighted by Crippen LogP contribution is 2.24. The molecular formula is C14H26N4O2. The molecule has 114 valence electrons. The van der Waals surface area contributed by atoms with Crippen molar-refractivity contribution in [1.29, 1.82) is 0 Å². The molecule has 0 aromatic rings. The summed E-state index contributed by atoms with van der Waals surface area (Å²) >= 11 is 0. The normalized spacial score (nSPS) is 35.8. The number of carbonyl (C=O) groups is 1. The second kappa shape index (κ2) is 6.39. The van der Waals surface area contributed by atoms with E-state index in [2.05, 4.69) is 15.2 Å². The van der Waals surface area contributed by atoms with Gasteiger partial charge >= 0.3 is 0 Å². The first kappa shape index (κ1) is 14.3. The first-order valence-electron chi connectivity index (χ1n) is 7.88. The van der Waals surface area contributed by atoms with Crippen LogP contribution in [0.3, 0.4) is 0 Å². The highest BCUT2D eigenvalue weighted by atomic mass is 16.5. The van der Waals surface area contributed by atoms with Gasteiger partial charge in [-0.15, -0.1) is 0 Å². The molecule has 3 fully saturated rings. The maximum absolute atomic E-state index is 11.5. The van der Waals surface area contributed by atoms with Crippen molar-refractivity contribution in [3.8, 4) is 0 Å². The number of nitrogens with two attached hydrogens (primary N) is 1. The van der Waals surface area contributed by atoms with Gasteiger partial charge in [-0.1, -0.05) is 6.42 Å². The number of amides is 1. The third-order valence-electron chi connectivity index (χ3n) is 4.93. The quantitative estimate of drug-likeness (QED) is 0.422. The fraction of sp³-hybridized carbons (Fsp3) is 0.929. The molecule has 0 bridgehead atoms. The molecule has 20 heavy (non-hydrogen) atoms. The van der Waals surface area contributed by atoms with Gasteiger partial charge in [-0.05, 0) is 32.2 Å². The van der Waals surface area contributed by atoms with Crippen molar-refractivity contribution in [2.45, 2.75) is 50.4 Å². The van der Waals surface area contributed by atoms with Crippen molar-refractivity contribution in [3.63, 3.8) is 0 Å². The van der Waals surface area contributed by atoms with E-state index in [0.29, 0.717) is 0 Å². The van der Waals surface area contributed by atoms with E-state index in [4.69, 9.17) is 10.6 Å². The maximum Gasteiger partial charge on any atom is 0.263 e. The first-order chi connectivity index (χ1) is 9.76. The lowest BCUT2D eigenvalue weighted by Crippen LogP contribution is -2.55. The molecule has 3 unspecified atom stereocenters. The van der Waals surface area contributed by atoms with Gasteiger partial charge in [-0.25, -0.2) is 5.84 Å². The zero-order valence-corrected chi connectivity index (χ0v) is 12.1. The van der Waals surface area contributed by atoms with Crippen LogP contribution in [0.1, 0.15) is 32.1 Å². The maximum atomic E-state index is 11.5. The molecule has 6 nitrogen and oxygen atoms in total. The number of nitrogens with zero attached hydrogens (tertiary/aromatic N) is 2. The van der Waals surface area contributed by atoms with E-state index in [0.717, 1.165) is 38.5 Å². The largest absolute Gasteiger partial charge is 0.364 e. The number of carbonyl (C=O) groups excluding carboxylic acids is 1. The summed E-state index contributed by atoms with van der Waals surface area (Å²) in [6, 6.07) is 0.738. The molecule has 1 amide bonds. The van der Waals surface area contributed by atoms with E-state index >= 15 is 0 Å². The standard InChI is InChI=1S/C14H26N4O2/c15-16-14(19)13-5-4-12(20-13)10-17-7-8-18-6-2-1-3-11(18)9-17/h11-13H,1-10,15H2,(H,16,19). The summed E-state index contributed by atoms with van der Waals surface area (Å²) in [6.45, 7) is 5.71. The van der Waals surface area contributed by atoms with Crippen LogP contribution in [-0.4, -0.2) is 66.7 Å². The zero-order valence-electron chi connectivity index (χ0n) is 12.1. The van der Waals surface area contributed by atoms with Crippen LogP contribution >= 0.6 is 0 Å². The van der Waals surface area contributed by atoms with Crippen LogP contribution in [-0.2, 0) is 9.53 Å². The Labute approximate surface area is 120 Å². The summed E-state index contributed by atoms with van der Waals surface area (Å²) in [5.41, 5.74) is 2.18. The number of piperidine rings is 1. The summed E-state index contributed by atoms with van der Waals surface area (Å²) in [4.78, 5) is 16.6. The molecule has 0 aromatic heterocycles. The predicted molar refractivity (Wildman–Crippen MR) is 75.9 cm³/mol. The predicted octanol–water partition coefficient (Wildman–Crippen LogP) is -0.306. The summed E-state index contributed by atoms with van der Waals surface area (Å²) in [5.74, 6) is 4.97. The fourth-order valence-electron chi connectivity index (χ4n) is 3.80. The second-order valence-corrected chi connectivity index (χ2v) is 6.28. The molecule has 3 rings (SSSR count). The molecule has 3 aliphatic heterocycles. The Balaban J connectivity index is 1.46. The van der Waals surface area contributed by atoms with Gasteiger partial charge in [-0.2, -0.15) is 0 Å². The lowest BCUT2D eigenvalue weighted by molar-refractivity contribution is -0.132. The lowest BCUT2D eigenvalue weighted by Gasteiger charge is -2.44. The van der Waals surface area contributed by atoms with Gasteiger partial charge in [0.15, 0.2) is 0 Å². The summed E-state index contributed by atoms with van der Waals surface area (Å²) in [5, 5.41) is 0. The van der Waals surface area contributed by atoms with Crippen molar-refractivity contribution in [2.24, 2.45) is 5.84 Å². The van der Waals surface area contributed by atoms with Crippen molar-refractivity contribution in [2.75, 3.05) is 32.7 Å². The van der Waals surface area contributed by atoms with Crippen molar-refractivity contribution >= 4 is 5.91 Å². The average molecular weight is 282 g/mol.